The number of nitrogens with zero attached hydrogens (tertiary/aromatic N) is 2. The van der Waals surface area contributed by atoms with Crippen LogP contribution >= 0.6 is 0 Å². The number of amides is 1. The zero-order valence-electron chi connectivity index (χ0n) is 13.3. The summed E-state index contributed by atoms with van der Waals surface area (Å²) in [6.45, 7) is 4.06. The molecule has 0 aliphatic rings. The molecule has 1 aromatic carbocycles. The number of aliphatic hydroxyl groups excluding tert-OH is 1. The van der Waals surface area contributed by atoms with Crippen molar-refractivity contribution in [3.05, 3.63) is 35.7 Å². The summed E-state index contributed by atoms with van der Waals surface area (Å²) in [5, 5.41) is 16.8. The van der Waals surface area contributed by atoms with E-state index < -0.39 is 21.9 Å². The van der Waals surface area contributed by atoms with Crippen LogP contribution in [0.5, 0.6) is 0 Å². The number of hydrogen-bond acceptors (Lipinski definition) is 8. The molecule has 0 saturated heterocycles. The van der Waals surface area contributed by atoms with Crippen molar-refractivity contribution in [2.45, 2.75) is 25.7 Å². The van der Waals surface area contributed by atoms with Gasteiger partial charge in [0.1, 0.15) is 5.76 Å². The number of carbonyl (C=O) groups is 2. The van der Waals surface area contributed by atoms with Crippen molar-refractivity contribution in [2.75, 3.05) is 6.61 Å². The van der Waals surface area contributed by atoms with E-state index in [0.717, 1.165) is 6.92 Å². The molecule has 1 amide bonds. The topological polar surface area (TPSA) is 134 Å². The van der Waals surface area contributed by atoms with E-state index >= 15 is 0 Å². The number of carbonyl (C=O) groups excluding carboxylic acids is 2. The lowest BCUT2D eigenvalue weighted by Crippen LogP contribution is -2.28. The van der Waals surface area contributed by atoms with Gasteiger partial charge >= 0.3 is 5.97 Å². The third kappa shape index (κ3) is 5.47. The number of rotatable bonds is 6. The molecule has 9 nitrogen and oxygen atoms in total. The number of allylic oxidation sites excluding steroid dienone is 1. The molecule has 24 heavy (non-hydrogen) atoms. The lowest BCUT2D eigenvalue weighted by atomic mass is 10.3. The number of benzene rings is 1. The number of sulfonamides is 1. The van der Waals surface area contributed by atoms with Gasteiger partial charge in [0.25, 0.3) is 10.0 Å². The van der Waals surface area contributed by atoms with Crippen molar-refractivity contribution in [3.63, 3.8) is 0 Å². The predicted molar refractivity (Wildman–Crippen MR) is 83.9 cm³/mol. The number of aliphatic hydroxyl groups is 1. The van der Waals surface area contributed by atoms with Crippen LogP contribution in [0.1, 0.15) is 20.8 Å². The second-order valence-electron chi connectivity index (χ2n) is 4.51. The Bertz CT molecular complexity index is 777. The summed E-state index contributed by atoms with van der Waals surface area (Å²) in [6.07, 6.45) is 0. The molecular formula is C14H17N3O6S. The van der Waals surface area contributed by atoms with Crippen molar-refractivity contribution < 1.29 is 27.9 Å². The monoisotopic (exact) mass is 355 g/mol. The summed E-state index contributed by atoms with van der Waals surface area (Å²) in [7, 11) is -3.94. The van der Waals surface area contributed by atoms with Crippen molar-refractivity contribution in [1.29, 1.82) is 0 Å². The minimum Gasteiger partial charge on any atom is -0.510 e. The first-order valence-electron chi connectivity index (χ1n) is 6.79. The fourth-order valence-electron chi connectivity index (χ4n) is 1.51. The Morgan fingerprint density at radius 2 is 1.79 bits per heavy atom. The molecule has 0 aliphatic carbocycles. The smallest absolute Gasteiger partial charge is 0.362 e. The van der Waals surface area contributed by atoms with E-state index in [9.17, 15) is 23.1 Å². The first-order chi connectivity index (χ1) is 11.2. The summed E-state index contributed by atoms with van der Waals surface area (Å²) >= 11 is 0. The molecule has 0 fully saturated rings. The van der Waals surface area contributed by atoms with Gasteiger partial charge in [-0.25, -0.2) is 17.9 Å². The Kier molecular flexibility index (Phi) is 6.59. The molecule has 130 valence electrons. The van der Waals surface area contributed by atoms with Crippen LogP contribution in [0.3, 0.4) is 0 Å². The summed E-state index contributed by atoms with van der Waals surface area (Å²) in [4.78, 5) is 22.3. The summed E-state index contributed by atoms with van der Waals surface area (Å²) < 4.78 is 30.1. The Labute approximate surface area is 139 Å². The average molecular weight is 355 g/mol. The standard InChI is InChI=1S/C14H17N3O6S/c1-4-23-14(20)13(9(2)18)16-15-11-5-7-12(8-6-11)24(21,22)17-10(3)19/h5-8,18H,4H2,1-3H3,(H,17,19)/b13-9+,16-15?. The number of esters is 1. The molecule has 2 N–H and O–H groups in total. The van der Waals surface area contributed by atoms with Gasteiger partial charge in [0.15, 0.2) is 0 Å². The van der Waals surface area contributed by atoms with Crippen molar-refractivity contribution in [2.24, 2.45) is 10.2 Å². The van der Waals surface area contributed by atoms with E-state index in [1.807, 2.05) is 4.72 Å². The van der Waals surface area contributed by atoms with Crippen molar-refractivity contribution in [1.82, 2.24) is 4.72 Å². The third-order valence-corrected chi connectivity index (χ3v) is 3.95. The highest BCUT2D eigenvalue weighted by Crippen LogP contribution is 2.18. The van der Waals surface area contributed by atoms with Crippen LogP contribution in [-0.4, -0.2) is 32.0 Å². The van der Waals surface area contributed by atoms with Gasteiger partial charge in [0, 0.05) is 6.92 Å². The SMILES string of the molecule is CCOC(=O)/C(N=Nc1ccc(S(=O)(=O)NC(C)=O)cc1)=C(/C)O. The zero-order chi connectivity index (χ0) is 18.3. The molecule has 0 saturated carbocycles. The van der Waals surface area contributed by atoms with Gasteiger partial charge in [-0.05, 0) is 38.1 Å². The highest BCUT2D eigenvalue weighted by molar-refractivity contribution is 7.90. The molecule has 0 radical (unpaired) electrons. The predicted octanol–water partition coefficient (Wildman–Crippen LogP) is 1.95. The van der Waals surface area contributed by atoms with Crippen LogP contribution in [-0.2, 0) is 24.3 Å². The first kappa shape index (κ1) is 19.3. The van der Waals surface area contributed by atoms with E-state index in [2.05, 4.69) is 10.2 Å². The van der Waals surface area contributed by atoms with Gasteiger partial charge in [0.2, 0.25) is 11.6 Å². The maximum absolute atomic E-state index is 11.8. The molecule has 10 heteroatoms. The molecule has 0 aromatic heterocycles. The molecule has 0 bridgehead atoms. The van der Waals surface area contributed by atoms with Crippen molar-refractivity contribution >= 4 is 27.6 Å². The first-order valence-corrected chi connectivity index (χ1v) is 8.28. The average Bonchev–Trinajstić information content (AvgIpc) is 2.46. The van der Waals surface area contributed by atoms with Gasteiger partial charge < -0.3 is 9.84 Å². The number of ether oxygens (including phenoxy) is 1. The van der Waals surface area contributed by atoms with E-state index in [1.54, 1.807) is 6.92 Å². The van der Waals surface area contributed by atoms with E-state index in [4.69, 9.17) is 4.74 Å². The number of azo groups is 1. The van der Waals surface area contributed by atoms with E-state index in [1.165, 1.54) is 31.2 Å². The number of hydrogen-bond donors (Lipinski definition) is 2. The van der Waals surface area contributed by atoms with Gasteiger partial charge in [-0.15, -0.1) is 5.11 Å². The van der Waals surface area contributed by atoms with Crippen LogP contribution in [0.25, 0.3) is 0 Å². The second kappa shape index (κ2) is 8.20. The van der Waals surface area contributed by atoms with Gasteiger partial charge in [-0.1, -0.05) is 0 Å². The minimum atomic E-state index is -3.94. The molecule has 0 atom stereocenters. The van der Waals surface area contributed by atoms with Crippen LogP contribution in [0.15, 0.2) is 50.8 Å². The maximum atomic E-state index is 11.8. The Balaban J connectivity index is 3.00. The van der Waals surface area contributed by atoms with Crippen LogP contribution < -0.4 is 4.72 Å². The molecular weight excluding hydrogens is 338 g/mol. The summed E-state index contributed by atoms with van der Waals surface area (Å²) in [5.74, 6) is -1.89. The maximum Gasteiger partial charge on any atom is 0.362 e. The van der Waals surface area contributed by atoms with Gasteiger partial charge in [-0.2, -0.15) is 5.11 Å². The highest BCUT2D eigenvalue weighted by atomic mass is 32.2. The second-order valence-corrected chi connectivity index (χ2v) is 6.19. The van der Waals surface area contributed by atoms with Crippen molar-refractivity contribution in [3.8, 4) is 0 Å². The number of nitrogens with one attached hydrogen (secondary N) is 1. The van der Waals surface area contributed by atoms with Gasteiger partial charge in [-0.3, -0.25) is 4.79 Å². The van der Waals surface area contributed by atoms with Gasteiger partial charge in [0.05, 0.1) is 17.2 Å². The van der Waals surface area contributed by atoms with Crippen LogP contribution in [0, 0.1) is 0 Å². The third-order valence-electron chi connectivity index (χ3n) is 2.50. The highest BCUT2D eigenvalue weighted by Gasteiger charge is 2.16. The van der Waals surface area contributed by atoms with Crippen LogP contribution in [0.2, 0.25) is 0 Å². The Hall–Kier alpha value is -2.75. The molecule has 0 spiro atoms. The van der Waals surface area contributed by atoms with Crippen LogP contribution in [0.4, 0.5) is 5.69 Å². The summed E-state index contributed by atoms with van der Waals surface area (Å²) in [6, 6.07) is 5.10. The summed E-state index contributed by atoms with van der Waals surface area (Å²) in [5.41, 5.74) is -0.119. The fourth-order valence-corrected chi connectivity index (χ4v) is 2.50. The lowest BCUT2D eigenvalue weighted by molar-refractivity contribution is -0.138. The lowest BCUT2D eigenvalue weighted by Gasteiger charge is -2.04. The van der Waals surface area contributed by atoms with E-state index in [-0.39, 0.29) is 28.6 Å². The molecule has 0 heterocycles. The quantitative estimate of drug-likeness (QED) is 0.346. The fraction of sp³-hybridized carbons (Fsp3) is 0.286. The largest absolute Gasteiger partial charge is 0.510 e. The zero-order valence-corrected chi connectivity index (χ0v) is 14.1. The molecule has 1 aromatic rings. The molecule has 1 rings (SSSR count). The Morgan fingerprint density at radius 3 is 2.25 bits per heavy atom. The van der Waals surface area contributed by atoms with E-state index in [0.29, 0.717) is 0 Å². The Morgan fingerprint density at radius 1 is 1.21 bits per heavy atom. The minimum absolute atomic E-state index is 0.112. The molecule has 0 unspecified atom stereocenters. The molecule has 0 aliphatic heterocycles. The normalized spacial score (nSPS) is 12.6.